The van der Waals surface area contributed by atoms with E-state index in [0.717, 1.165) is 12.1 Å². The average Bonchev–Trinajstić information content (AvgIpc) is 2.60. The normalized spacial score (nSPS) is 12.1. The van der Waals surface area contributed by atoms with Gasteiger partial charge in [-0.1, -0.05) is 6.92 Å². The van der Waals surface area contributed by atoms with Gasteiger partial charge in [-0.05, 0) is 39.7 Å². The molecule has 0 fully saturated rings. The first-order chi connectivity index (χ1) is 9.34. The van der Waals surface area contributed by atoms with Crippen LogP contribution in [0, 0.1) is 13.8 Å². The number of ether oxygens (including phenoxy) is 1. The molecule has 1 atom stereocenters. The van der Waals surface area contributed by atoms with Crippen molar-refractivity contribution in [2.75, 3.05) is 6.61 Å². The van der Waals surface area contributed by atoms with Gasteiger partial charge >= 0.3 is 5.97 Å². The Labute approximate surface area is 120 Å². The topological polar surface area (TPSA) is 60.3 Å². The van der Waals surface area contributed by atoms with Crippen molar-refractivity contribution in [2.45, 2.75) is 47.1 Å². The second kappa shape index (κ2) is 6.59. The molecule has 1 heterocycles. The predicted octanol–water partition coefficient (Wildman–Crippen LogP) is 2.35. The molecule has 0 aliphatic rings. The van der Waals surface area contributed by atoms with Gasteiger partial charge in [0.1, 0.15) is 5.69 Å². The zero-order valence-corrected chi connectivity index (χ0v) is 13.2. The standard InChI is InChI=1S/C15H24N2O3/c1-7-9(3)16-14(18)12-10(4)13(15(19)20-8-2)17(6)11(12)5/h9H,7-8H2,1-6H3,(H,16,18). The van der Waals surface area contributed by atoms with E-state index in [1.807, 2.05) is 20.8 Å². The van der Waals surface area contributed by atoms with E-state index in [2.05, 4.69) is 5.32 Å². The van der Waals surface area contributed by atoms with Crippen molar-refractivity contribution in [1.82, 2.24) is 9.88 Å². The van der Waals surface area contributed by atoms with E-state index in [9.17, 15) is 9.59 Å². The number of amides is 1. The first-order valence-electron chi connectivity index (χ1n) is 6.98. The maximum Gasteiger partial charge on any atom is 0.355 e. The van der Waals surface area contributed by atoms with Crippen molar-refractivity contribution in [1.29, 1.82) is 0 Å². The smallest absolute Gasteiger partial charge is 0.355 e. The van der Waals surface area contributed by atoms with Crippen molar-refractivity contribution in [3.05, 3.63) is 22.5 Å². The first kappa shape index (κ1) is 16.3. The SMILES string of the molecule is CCOC(=O)c1c(C)c(C(=O)NC(C)CC)c(C)n1C. The van der Waals surface area contributed by atoms with Gasteiger partial charge in [-0.25, -0.2) is 4.79 Å². The summed E-state index contributed by atoms with van der Waals surface area (Å²) in [7, 11) is 1.77. The largest absolute Gasteiger partial charge is 0.461 e. The number of nitrogens with one attached hydrogen (secondary N) is 1. The number of rotatable bonds is 5. The monoisotopic (exact) mass is 280 g/mol. The highest BCUT2D eigenvalue weighted by molar-refractivity contribution is 6.01. The summed E-state index contributed by atoms with van der Waals surface area (Å²) in [4.78, 5) is 24.3. The lowest BCUT2D eigenvalue weighted by Gasteiger charge is -2.11. The van der Waals surface area contributed by atoms with Crippen LogP contribution in [0.5, 0.6) is 0 Å². The Balaban J connectivity index is 3.20. The van der Waals surface area contributed by atoms with Gasteiger partial charge in [0.2, 0.25) is 0 Å². The van der Waals surface area contributed by atoms with Crippen molar-refractivity contribution < 1.29 is 14.3 Å². The van der Waals surface area contributed by atoms with E-state index in [1.54, 1.807) is 25.5 Å². The molecule has 5 heteroatoms. The van der Waals surface area contributed by atoms with Gasteiger partial charge in [0, 0.05) is 18.8 Å². The molecular formula is C15H24N2O3. The highest BCUT2D eigenvalue weighted by atomic mass is 16.5. The lowest BCUT2D eigenvalue weighted by molar-refractivity contribution is 0.0514. The molecule has 0 saturated heterocycles. The molecule has 1 aromatic rings. The Morgan fingerprint density at radius 1 is 1.30 bits per heavy atom. The van der Waals surface area contributed by atoms with E-state index in [4.69, 9.17) is 4.74 Å². The fraction of sp³-hybridized carbons (Fsp3) is 0.600. The van der Waals surface area contributed by atoms with Crippen LogP contribution < -0.4 is 5.32 Å². The lowest BCUT2D eigenvalue weighted by atomic mass is 10.1. The van der Waals surface area contributed by atoms with Crippen LogP contribution in [-0.2, 0) is 11.8 Å². The number of carbonyl (C=O) groups excluding carboxylic acids is 2. The van der Waals surface area contributed by atoms with Crippen LogP contribution in [0.2, 0.25) is 0 Å². The quantitative estimate of drug-likeness (QED) is 0.842. The molecule has 5 nitrogen and oxygen atoms in total. The van der Waals surface area contributed by atoms with Crippen LogP contribution in [0.4, 0.5) is 0 Å². The second-order valence-corrected chi connectivity index (χ2v) is 5.00. The maximum atomic E-state index is 12.3. The third-order valence-electron chi connectivity index (χ3n) is 3.62. The molecule has 0 aromatic carbocycles. The minimum atomic E-state index is -0.391. The van der Waals surface area contributed by atoms with Crippen molar-refractivity contribution in [3.8, 4) is 0 Å². The molecule has 1 aromatic heterocycles. The van der Waals surface area contributed by atoms with E-state index in [1.165, 1.54) is 0 Å². The summed E-state index contributed by atoms with van der Waals surface area (Å²) < 4.78 is 6.77. The van der Waals surface area contributed by atoms with Crippen LogP contribution in [0.1, 0.15) is 59.3 Å². The van der Waals surface area contributed by atoms with Gasteiger partial charge in [-0.15, -0.1) is 0 Å². The molecule has 1 unspecified atom stereocenters. The first-order valence-corrected chi connectivity index (χ1v) is 6.98. The molecule has 0 spiro atoms. The minimum absolute atomic E-state index is 0.104. The number of carbonyl (C=O) groups is 2. The lowest BCUT2D eigenvalue weighted by Crippen LogP contribution is -2.32. The average molecular weight is 280 g/mol. The second-order valence-electron chi connectivity index (χ2n) is 5.00. The highest BCUT2D eigenvalue weighted by Crippen LogP contribution is 2.22. The zero-order valence-electron chi connectivity index (χ0n) is 13.2. The molecule has 0 bridgehead atoms. The Kier molecular flexibility index (Phi) is 5.36. The third kappa shape index (κ3) is 3.03. The van der Waals surface area contributed by atoms with E-state index in [0.29, 0.717) is 23.4 Å². The molecule has 0 aliphatic carbocycles. The Morgan fingerprint density at radius 2 is 1.90 bits per heavy atom. The molecular weight excluding hydrogens is 256 g/mol. The van der Waals surface area contributed by atoms with Crippen LogP contribution in [0.15, 0.2) is 0 Å². The van der Waals surface area contributed by atoms with E-state index < -0.39 is 5.97 Å². The van der Waals surface area contributed by atoms with Gasteiger partial charge in [0.25, 0.3) is 5.91 Å². The highest BCUT2D eigenvalue weighted by Gasteiger charge is 2.25. The minimum Gasteiger partial charge on any atom is -0.461 e. The van der Waals surface area contributed by atoms with Crippen LogP contribution in [0.3, 0.4) is 0 Å². The summed E-state index contributed by atoms with van der Waals surface area (Å²) in [6.07, 6.45) is 0.863. The van der Waals surface area contributed by atoms with Crippen molar-refractivity contribution in [3.63, 3.8) is 0 Å². The molecule has 1 amide bonds. The van der Waals surface area contributed by atoms with Gasteiger partial charge in [0.15, 0.2) is 0 Å². The summed E-state index contributed by atoms with van der Waals surface area (Å²) >= 11 is 0. The van der Waals surface area contributed by atoms with Gasteiger partial charge in [-0.3, -0.25) is 4.79 Å². The molecule has 0 radical (unpaired) electrons. The summed E-state index contributed by atoms with van der Waals surface area (Å²) in [5.41, 5.74) is 2.45. The molecule has 0 saturated carbocycles. The number of esters is 1. The zero-order chi connectivity index (χ0) is 15.4. The number of aromatic nitrogens is 1. The number of hydrogen-bond donors (Lipinski definition) is 1. The number of nitrogens with zero attached hydrogens (tertiary/aromatic N) is 1. The summed E-state index contributed by atoms with van der Waals surface area (Å²) in [5.74, 6) is -0.529. The Morgan fingerprint density at radius 3 is 2.40 bits per heavy atom. The number of hydrogen-bond acceptors (Lipinski definition) is 3. The molecule has 112 valence electrons. The fourth-order valence-electron chi connectivity index (χ4n) is 2.20. The van der Waals surface area contributed by atoms with Gasteiger partial charge in [0.05, 0.1) is 12.2 Å². The molecule has 1 rings (SSSR count). The third-order valence-corrected chi connectivity index (χ3v) is 3.62. The summed E-state index contributed by atoms with van der Waals surface area (Å²) in [6, 6.07) is 0.104. The van der Waals surface area contributed by atoms with Crippen LogP contribution in [0.25, 0.3) is 0 Å². The maximum absolute atomic E-state index is 12.3. The Hall–Kier alpha value is -1.78. The summed E-state index contributed by atoms with van der Waals surface area (Å²) in [6.45, 7) is 9.67. The van der Waals surface area contributed by atoms with Crippen LogP contribution in [-0.4, -0.2) is 29.1 Å². The van der Waals surface area contributed by atoms with Crippen molar-refractivity contribution >= 4 is 11.9 Å². The fourth-order valence-corrected chi connectivity index (χ4v) is 2.20. The van der Waals surface area contributed by atoms with Crippen molar-refractivity contribution in [2.24, 2.45) is 7.05 Å². The Bertz CT molecular complexity index is 518. The van der Waals surface area contributed by atoms with E-state index in [-0.39, 0.29) is 11.9 Å². The molecule has 20 heavy (non-hydrogen) atoms. The molecule has 0 aliphatic heterocycles. The van der Waals surface area contributed by atoms with Gasteiger partial charge < -0.3 is 14.6 Å². The van der Waals surface area contributed by atoms with Crippen LogP contribution >= 0.6 is 0 Å². The van der Waals surface area contributed by atoms with E-state index >= 15 is 0 Å². The van der Waals surface area contributed by atoms with Gasteiger partial charge in [-0.2, -0.15) is 0 Å². The predicted molar refractivity (Wildman–Crippen MR) is 78.1 cm³/mol. The molecule has 1 N–H and O–H groups in total. The summed E-state index contributed by atoms with van der Waals surface area (Å²) in [5, 5.41) is 2.93.